The van der Waals surface area contributed by atoms with E-state index in [1.165, 1.54) is 45.1 Å². The van der Waals surface area contributed by atoms with Crippen molar-refractivity contribution in [1.29, 1.82) is 0 Å². The van der Waals surface area contributed by atoms with Crippen molar-refractivity contribution in [2.45, 2.75) is 71.8 Å². The maximum Gasteiger partial charge on any atom is 0.0194 e. The first kappa shape index (κ1) is 12.0. The molecule has 0 spiro atoms. The summed E-state index contributed by atoms with van der Waals surface area (Å²) in [7, 11) is 0. The van der Waals surface area contributed by atoms with E-state index in [4.69, 9.17) is 0 Å². The highest BCUT2D eigenvalue weighted by Crippen LogP contribution is 2.66. The van der Waals surface area contributed by atoms with Crippen LogP contribution in [0.5, 0.6) is 0 Å². The van der Waals surface area contributed by atoms with Gasteiger partial charge in [0, 0.05) is 5.54 Å². The molecule has 0 saturated heterocycles. The van der Waals surface area contributed by atoms with Crippen molar-refractivity contribution < 1.29 is 0 Å². The molecule has 2 unspecified atom stereocenters. The summed E-state index contributed by atoms with van der Waals surface area (Å²) in [4.78, 5) is 0. The molecule has 0 aliphatic heterocycles. The minimum atomic E-state index is 0.507. The van der Waals surface area contributed by atoms with Gasteiger partial charge < -0.3 is 5.32 Å². The van der Waals surface area contributed by atoms with Crippen LogP contribution in [0.3, 0.4) is 0 Å². The van der Waals surface area contributed by atoms with Crippen LogP contribution in [-0.4, -0.2) is 12.1 Å². The third kappa shape index (κ3) is 2.05. The van der Waals surface area contributed by atoms with Gasteiger partial charge in [0.15, 0.2) is 0 Å². The average Bonchev–Trinajstić information content (AvgIpc) is 2.08. The van der Waals surface area contributed by atoms with Crippen molar-refractivity contribution in [3.05, 3.63) is 0 Å². The molecule has 4 rings (SSSR count). The summed E-state index contributed by atoms with van der Waals surface area (Å²) in [5.74, 6) is 1.80. The third-order valence-corrected chi connectivity index (χ3v) is 5.51. The zero-order valence-electron chi connectivity index (χ0n) is 12.1. The van der Waals surface area contributed by atoms with Crippen LogP contribution in [0.15, 0.2) is 0 Å². The predicted molar refractivity (Wildman–Crippen MR) is 73.0 cm³/mol. The lowest BCUT2D eigenvalue weighted by Gasteiger charge is -2.65. The molecule has 4 aliphatic carbocycles. The Morgan fingerprint density at radius 3 is 2.06 bits per heavy atom. The van der Waals surface area contributed by atoms with Gasteiger partial charge in [0.2, 0.25) is 0 Å². The summed E-state index contributed by atoms with van der Waals surface area (Å²) in [6.45, 7) is 11.0. The van der Waals surface area contributed by atoms with Crippen molar-refractivity contribution in [3.8, 4) is 0 Å². The normalized spacial score (nSPS) is 52.4. The minimum absolute atomic E-state index is 0.507. The zero-order chi connectivity index (χ0) is 12.3. The number of hydrogen-bond donors (Lipinski definition) is 1. The molecule has 2 atom stereocenters. The van der Waals surface area contributed by atoms with Crippen molar-refractivity contribution in [3.63, 3.8) is 0 Å². The highest BCUT2D eigenvalue weighted by atomic mass is 15.0. The van der Waals surface area contributed by atoms with Crippen LogP contribution in [0.25, 0.3) is 0 Å². The van der Waals surface area contributed by atoms with Gasteiger partial charge in [0.25, 0.3) is 0 Å². The zero-order valence-corrected chi connectivity index (χ0v) is 12.1. The molecule has 1 heteroatoms. The highest BCUT2D eigenvalue weighted by molar-refractivity contribution is 5.14. The Kier molecular flexibility index (Phi) is 2.47. The number of nitrogens with one attached hydrogen (secondary N) is 1. The van der Waals surface area contributed by atoms with Gasteiger partial charge in [0.1, 0.15) is 0 Å². The fourth-order valence-corrected chi connectivity index (χ4v) is 6.07. The maximum absolute atomic E-state index is 3.98. The van der Waals surface area contributed by atoms with E-state index < -0.39 is 0 Å². The van der Waals surface area contributed by atoms with Crippen LogP contribution in [0.4, 0.5) is 0 Å². The first-order chi connectivity index (χ1) is 7.82. The molecule has 4 fully saturated rings. The first-order valence-electron chi connectivity index (χ1n) is 7.57. The molecule has 1 N–H and O–H groups in total. The molecule has 0 amide bonds. The van der Waals surface area contributed by atoms with E-state index in [1.807, 2.05) is 0 Å². The lowest BCUT2D eigenvalue weighted by Crippen LogP contribution is -2.64. The van der Waals surface area contributed by atoms with E-state index >= 15 is 0 Å². The molecular weight excluding hydrogens is 206 g/mol. The molecular formula is C16H29N. The van der Waals surface area contributed by atoms with Gasteiger partial charge >= 0.3 is 0 Å². The van der Waals surface area contributed by atoms with Crippen molar-refractivity contribution in [2.75, 3.05) is 6.54 Å². The summed E-state index contributed by atoms with van der Waals surface area (Å²) >= 11 is 0. The van der Waals surface area contributed by atoms with E-state index in [2.05, 4.69) is 33.0 Å². The van der Waals surface area contributed by atoms with Crippen LogP contribution in [0, 0.1) is 22.7 Å². The van der Waals surface area contributed by atoms with Gasteiger partial charge in [-0.05, 0) is 67.7 Å². The Morgan fingerprint density at radius 1 is 1.00 bits per heavy atom. The smallest absolute Gasteiger partial charge is 0.0194 e. The fraction of sp³-hybridized carbons (Fsp3) is 1.00. The van der Waals surface area contributed by atoms with Crippen molar-refractivity contribution in [2.24, 2.45) is 22.7 Å². The topological polar surface area (TPSA) is 12.0 Å². The Morgan fingerprint density at radius 2 is 1.59 bits per heavy atom. The molecule has 1 nitrogen and oxygen atoms in total. The minimum Gasteiger partial charge on any atom is -0.311 e. The van der Waals surface area contributed by atoms with Crippen molar-refractivity contribution >= 4 is 0 Å². The van der Waals surface area contributed by atoms with Crippen LogP contribution in [0.1, 0.15) is 66.2 Å². The van der Waals surface area contributed by atoms with E-state index in [0.717, 1.165) is 11.8 Å². The first-order valence-corrected chi connectivity index (χ1v) is 7.57. The summed E-state index contributed by atoms with van der Waals surface area (Å²) < 4.78 is 0. The van der Waals surface area contributed by atoms with E-state index in [1.54, 1.807) is 0 Å². The molecule has 4 saturated carbocycles. The Bertz CT molecular complexity index is 301. The molecule has 0 aromatic carbocycles. The maximum atomic E-state index is 3.98. The second-order valence-electron chi connectivity index (χ2n) is 8.69. The van der Waals surface area contributed by atoms with E-state index in [-0.39, 0.29) is 0 Å². The van der Waals surface area contributed by atoms with Gasteiger partial charge in [-0.25, -0.2) is 0 Å². The Labute approximate surface area is 107 Å². The van der Waals surface area contributed by atoms with E-state index in [9.17, 15) is 0 Å². The lowest BCUT2D eigenvalue weighted by molar-refractivity contribution is -0.118. The molecule has 17 heavy (non-hydrogen) atoms. The quantitative estimate of drug-likeness (QED) is 0.780. The van der Waals surface area contributed by atoms with Crippen LogP contribution in [0.2, 0.25) is 0 Å². The van der Waals surface area contributed by atoms with Crippen LogP contribution in [-0.2, 0) is 0 Å². The van der Waals surface area contributed by atoms with Gasteiger partial charge in [-0.15, -0.1) is 0 Å². The van der Waals surface area contributed by atoms with Crippen LogP contribution >= 0.6 is 0 Å². The summed E-state index contributed by atoms with van der Waals surface area (Å²) in [5, 5.41) is 3.98. The van der Waals surface area contributed by atoms with Gasteiger partial charge in [-0.2, -0.15) is 0 Å². The molecule has 4 aliphatic rings. The second kappa shape index (κ2) is 3.50. The number of rotatable bonds is 3. The highest BCUT2D eigenvalue weighted by Gasteiger charge is 2.59. The Hall–Kier alpha value is -0.0400. The SMILES string of the molecule is CC(C)CNC12CC3CC(C)(CC(C)(C3)C1)C2. The summed E-state index contributed by atoms with van der Waals surface area (Å²) in [6.07, 6.45) is 8.85. The average molecular weight is 235 g/mol. The second-order valence-corrected chi connectivity index (χ2v) is 8.69. The molecule has 0 heterocycles. The predicted octanol–water partition coefficient (Wildman–Crippen LogP) is 3.98. The molecule has 0 radical (unpaired) electrons. The largest absolute Gasteiger partial charge is 0.311 e. The molecule has 0 aromatic heterocycles. The Balaban J connectivity index is 1.82. The fourth-order valence-electron chi connectivity index (χ4n) is 6.07. The lowest BCUT2D eigenvalue weighted by atomic mass is 9.43. The molecule has 4 bridgehead atoms. The van der Waals surface area contributed by atoms with Crippen LogP contribution < -0.4 is 5.32 Å². The molecule has 98 valence electrons. The van der Waals surface area contributed by atoms with E-state index in [0.29, 0.717) is 16.4 Å². The third-order valence-electron chi connectivity index (χ3n) is 5.51. The van der Waals surface area contributed by atoms with Crippen molar-refractivity contribution in [1.82, 2.24) is 5.32 Å². The standard InChI is InChI=1S/C16H29N/c1-12(2)8-17-16-7-13-5-14(3,10-16)9-15(4,6-13)11-16/h12-13,17H,5-11H2,1-4H3. The van der Waals surface area contributed by atoms with Gasteiger partial charge in [-0.3, -0.25) is 0 Å². The molecule has 0 aromatic rings. The van der Waals surface area contributed by atoms with Gasteiger partial charge in [0.05, 0.1) is 0 Å². The van der Waals surface area contributed by atoms with Gasteiger partial charge in [-0.1, -0.05) is 27.7 Å². The summed E-state index contributed by atoms with van der Waals surface area (Å²) in [5.41, 5.74) is 1.81. The monoisotopic (exact) mass is 235 g/mol. The number of hydrogen-bond acceptors (Lipinski definition) is 1. The summed E-state index contributed by atoms with van der Waals surface area (Å²) in [6, 6.07) is 0.